The van der Waals surface area contributed by atoms with Crippen LogP contribution in [0.15, 0.2) is 30.3 Å². The first kappa shape index (κ1) is 13.0. The van der Waals surface area contributed by atoms with E-state index in [2.05, 4.69) is 0 Å². The molecule has 7 nitrogen and oxygen atoms in total. The summed E-state index contributed by atoms with van der Waals surface area (Å²) in [5.74, 6) is 0. The van der Waals surface area contributed by atoms with Crippen molar-refractivity contribution in [1.82, 2.24) is 0 Å². The quantitative estimate of drug-likeness (QED) is 0.428. The second-order valence-corrected chi connectivity index (χ2v) is 3.27. The molecule has 92 valence electrons. The van der Waals surface area contributed by atoms with Gasteiger partial charge in [-0.3, -0.25) is 20.2 Å². The van der Waals surface area contributed by atoms with Crippen LogP contribution in [0.25, 0.3) is 0 Å². The van der Waals surface area contributed by atoms with E-state index < -0.39 is 22.1 Å². The van der Waals surface area contributed by atoms with Crippen LogP contribution in [0.1, 0.15) is 18.6 Å². The van der Waals surface area contributed by atoms with Gasteiger partial charge in [0.1, 0.15) is 0 Å². The molecule has 1 unspecified atom stereocenters. The Morgan fingerprint density at radius 3 is 2.12 bits per heavy atom. The summed E-state index contributed by atoms with van der Waals surface area (Å²) in [6, 6.07) is 8.16. The van der Waals surface area contributed by atoms with Crippen molar-refractivity contribution in [3.63, 3.8) is 0 Å². The van der Waals surface area contributed by atoms with Gasteiger partial charge in [-0.2, -0.15) is 0 Å². The lowest BCUT2D eigenvalue weighted by molar-refractivity contribution is -0.753. The van der Waals surface area contributed by atoms with Crippen LogP contribution in [0.2, 0.25) is 0 Å². The first-order chi connectivity index (χ1) is 8.07. The number of ether oxygens (including phenoxy) is 1. The Kier molecular flexibility index (Phi) is 4.53. The Bertz CT molecular complexity index is 381. The second-order valence-electron chi connectivity index (χ2n) is 3.27. The predicted octanol–water partition coefficient (Wildman–Crippen LogP) is 1.64. The van der Waals surface area contributed by atoms with E-state index in [9.17, 15) is 20.2 Å². The van der Waals surface area contributed by atoms with E-state index in [0.717, 1.165) is 0 Å². The van der Waals surface area contributed by atoms with Gasteiger partial charge in [0.25, 0.3) is 0 Å². The first-order valence-electron chi connectivity index (χ1n) is 5.01. The van der Waals surface area contributed by atoms with Crippen molar-refractivity contribution in [1.29, 1.82) is 0 Å². The summed E-state index contributed by atoms with van der Waals surface area (Å²) < 4.78 is 5.13. The Morgan fingerprint density at radius 2 is 1.71 bits per heavy atom. The average molecular weight is 240 g/mol. The second kappa shape index (κ2) is 5.90. The molecule has 0 bridgehead atoms. The van der Waals surface area contributed by atoms with Gasteiger partial charge in [0.05, 0.1) is 9.85 Å². The average Bonchev–Trinajstić information content (AvgIpc) is 2.28. The highest BCUT2D eigenvalue weighted by Gasteiger charge is 2.44. The number of nitrogens with zero attached hydrogens (tertiary/aromatic N) is 2. The summed E-state index contributed by atoms with van der Waals surface area (Å²) in [6.07, 6.45) is -3.16. The fourth-order valence-electron chi connectivity index (χ4n) is 1.47. The Balaban J connectivity index is 3.07. The normalized spacial score (nSPS) is 12.4. The highest BCUT2D eigenvalue weighted by atomic mass is 16.7. The molecule has 0 amide bonds. The summed E-state index contributed by atoms with van der Waals surface area (Å²) in [5.41, 5.74) is 0.424. The molecular weight excluding hydrogens is 228 g/mol. The van der Waals surface area contributed by atoms with Crippen LogP contribution in [0, 0.1) is 20.2 Å². The van der Waals surface area contributed by atoms with E-state index in [1.165, 1.54) is 0 Å². The van der Waals surface area contributed by atoms with Gasteiger partial charge in [-0.15, -0.1) is 0 Å². The lowest BCUT2D eigenvalue weighted by Gasteiger charge is -2.15. The molecule has 7 heteroatoms. The van der Waals surface area contributed by atoms with E-state index in [1.54, 1.807) is 37.3 Å². The van der Waals surface area contributed by atoms with Crippen molar-refractivity contribution in [2.24, 2.45) is 0 Å². The van der Waals surface area contributed by atoms with Crippen molar-refractivity contribution in [2.45, 2.75) is 19.2 Å². The smallest absolute Gasteiger partial charge is 0.360 e. The highest BCUT2D eigenvalue weighted by molar-refractivity contribution is 5.18. The van der Waals surface area contributed by atoms with Crippen molar-refractivity contribution < 1.29 is 14.6 Å². The lowest BCUT2D eigenvalue weighted by Crippen LogP contribution is -2.36. The van der Waals surface area contributed by atoms with Crippen LogP contribution in [-0.4, -0.2) is 22.6 Å². The fourth-order valence-corrected chi connectivity index (χ4v) is 1.47. The van der Waals surface area contributed by atoms with Gasteiger partial charge in [0, 0.05) is 6.61 Å². The van der Waals surface area contributed by atoms with Crippen molar-refractivity contribution in [2.75, 3.05) is 6.61 Å². The molecule has 1 rings (SSSR count). The molecule has 1 aromatic rings. The molecule has 0 N–H and O–H groups in total. The topological polar surface area (TPSA) is 95.5 Å². The van der Waals surface area contributed by atoms with Gasteiger partial charge < -0.3 is 4.74 Å². The Hall–Kier alpha value is -2.02. The van der Waals surface area contributed by atoms with Gasteiger partial charge in [0.15, 0.2) is 0 Å². The minimum Gasteiger partial charge on any atom is -0.360 e. The fraction of sp³-hybridized carbons (Fsp3) is 0.400. The van der Waals surface area contributed by atoms with Crippen molar-refractivity contribution >= 4 is 0 Å². The largest absolute Gasteiger partial charge is 0.479 e. The lowest BCUT2D eigenvalue weighted by atomic mass is 10.1. The summed E-state index contributed by atoms with van der Waals surface area (Å²) in [5, 5.41) is 21.4. The molecule has 0 saturated heterocycles. The summed E-state index contributed by atoms with van der Waals surface area (Å²) in [6.45, 7) is 1.80. The molecule has 17 heavy (non-hydrogen) atoms. The molecule has 0 spiro atoms. The monoisotopic (exact) mass is 240 g/mol. The van der Waals surface area contributed by atoms with Crippen LogP contribution in [0.4, 0.5) is 0 Å². The van der Waals surface area contributed by atoms with Gasteiger partial charge >= 0.3 is 6.17 Å². The van der Waals surface area contributed by atoms with E-state index in [1.807, 2.05) is 0 Å². The van der Waals surface area contributed by atoms with Crippen LogP contribution in [-0.2, 0) is 4.74 Å². The third-order valence-corrected chi connectivity index (χ3v) is 2.18. The van der Waals surface area contributed by atoms with E-state index in [-0.39, 0.29) is 6.61 Å². The van der Waals surface area contributed by atoms with Crippen LogP contribution in [0.5, 0.6) is 0 Å². The Morgan fingerprint density at radius 1 is 1.18 bits per heavy atom. The maximum absolute atomic E-state index is 10.7. The molecule has 0 fully saturated rings. The zero-order chi connectivity index (χ0) is 12.8. The Labute approximate surface area is 97.3 Å². The van der Waals surface area contributed by atoms with Crippen molar-refractivity contribution in [3.8, 4) is 0 Å². The predicted molar refractivity (Wildman–Crippen MR) is 58.6 cm³/mol. The number of benzene rings is 1. The van der Waals surface area contributed by atoms with Gasteiger partial charge in [-0.05, 0) is 12.5 Å². The highest BCUT2D eigenvalue weighted by Crippen LogP contribution is 2.23. The molecule has 1 aromatic carbocycles. The first-order valence-corrected chi connectivity index (χ1v) is 5.01. The zero-order valence-corrected chi connectivity index (χ0v) is 9.18. The molecule has 0 aliphatic rings. The number of hydrogen-bond acceptors (Lipinski definition) is 5. The SMILES string of the molecule is CCOC(c1ccccc1)C([N+](=O)[O-])[N+](=O)[O-]. The minimum absolute atomic E-state index is 0.164. The third-order valence-electron chi connectivity index (χ3n) is 2.18. The summed E-state index contributed by atoms with van der Waals surface area (Å²) in [4.78, 5) is 19.6. The third kappa shape index (κ3) is 3.22. The number of nitro groups is 2. The maximum Gasteiger partial charge on any atom is 0.479 e. The molecule has 0 heterocycles. The zero-order valence-electron chi connectivity index (χ0n) is 9.18. The van der Waals surface area contributed by atoms with Gasteiger partial charge in [-0.1, -0.05) is 30.3 Å². The van der Waals surface area contributed by atoms with E-state index in [0.29, 0.717) is 5.56 Å². The standard InChI is InChI=1S/C10H12N2O5/c1-2-17-9(8-6-4-3-5-7-8)10(11(13)14)12(15)16/h3-7,9-10H,2H2,1H3. The molecule has 0 saturated carbocycles. The van der Waals surface area contributed by atoms with Gasteiger partial charge in [-0.25, -0.2) is 0 Å². The minimum atomic E-state index is -1.99. The summed E-state index contributed by atoms with van der Waals surface area (Å²) >= 11 is 0. The molecule has 1 atom stereocenters. The molecule has 0 aliphatic carbocycles. The molecular formula is C10H12N2O5. The van der Waals surface area contributed by atoms with Crippen LogP contribution < -0.4 is 0 Å². The van der Waals surface area contributed by atoms with E-state index >= 15 is 0 Å². The van der Waals surface area contributed by atoms with Crippen LogP contribution >= 0.6 is 0 Å². The number of hydrogen-bond donors (Lipinski definition) is 0. The molecule has 0 aliphatic heterocycles. The van der Waals surface area contributed by atoms with Crippen molar-refractivity contribution in [3.05, 3.63) is 56.1 Å². The number of rotatable bonds is 6. The molecule has 0 aromatic heterocycles. The molecule has 0 radical (unpaired) electrons. The van der Waals surface area contributed by atoms with Gasteiger partial charge in [0.2, 0.25) is 6.10 Å². The van der Waals surface area contributed by atoms with E-state index in [4.69, 9.17) is 4.74 Å². The summed E-state index contributed by atoms with van der Waals surface area (Å²) in [7, 11) is 0. The van der Waals surface area contributed by atoms with Crippen LogP contribution in [0.3, 0.4) is 0 Å². The maximum atomic E-state index is 10.7.